The maximum Gasteiger partial charge on any atom is 0.318 e. The number of amides is 2. The van der Waals surface area contributed by atoms with Crippen LogP contribution in [0.2, 0.25) is 0 Å². The Hall–Kier alpha value is -2.96. The maximum atomic E-state index is 13.6. The van der Waals surface area contributed by atoms with Crippen LogP contribution >= 0.6 is 0 Å². The largest absolute Gasteiger partial charge is 0.493 e. The van der Waals surface area contributed by atoms with Gasteiger partial charge in [-0.05, 0) is 48.6 Å². The number of urea groups is 1. The SMILES string of the molecule is COc1cc2c(cc1OC)CN(C(=O)NC1CCCOc3cc(F)ccc31)CC2. The molecule has 0 saturated carbocycles. The smallest absolute Gasteiger partial charge is 0.318 e. The Labute approximate surface area is 169 Å². The summed E-state index contributed by atoms with van der Waals surface area (Å²) in [7, 11) is 3.22. The Morgan fingerprint density at radius 2 is 1.93 bits per heavy atom. The molecule has 0 aromatic heterocycles. The number of benzene rings is 2. The molecule has 2 heterocycles. The van der Waals surface area contributed by atoms with Crippen molar-refractivity contribution in [3.63, 3.8) is 0 Å². The molecule has 0 radical (unpaired) electrons. The first-order valence-corrected chi connectivity index (χ1v) is 9.80. The number of nitrogens with zero attached hydrogens (tertiary/aromatic N) is 1. The van der Waals surface area contributed by atoms with Gasteiger partial charge in [0.25, 0.3) is 0 Å². The van der Waals surface area contributed by atoms with E-state index in [4.69, 9.17) is 14.2 Å². The van der Waals surface area contributed by atoms with E-state index in [9.17, 15) is 9.18 Å². The van der Waals surface area contributed by atoms with E-state index in [-0.39, 0.29) is 17.9 Å². The van der Waals surface area contributed by atoms with Crippen LogP contribution < -0.4 is 19.5 Å². The molecule has 0 aliphatic carbocycles. The van der Waals surface area contributed by atoms with Gasteiger partial charge in [0.15, 0.2) is 11.5 Å². The number of rotatable bonds is 3. The highest BCUT2D eigenvalue weighted by Gasteiger charge is 2.27. The van der Waals surface area contributed by atoms with Crippen LogP contribution in [0.5, 0.6) is 17.2 Å². The Balaban J connectivity index is 1.50. The minimum atomic E-state index is -0.340. The van der Waals surface area contributed by atoms with E-state index in [1.807, 2.05) is 12.1 Å². The lowest BCUT2D eigenvalue weighted by Crippen LogP contribution is -2.44. The van der Waals surface area contributed by atoms with E-state index in [0.717, 1.165) is 36.0 Å². The number of carbonyl (C=O) groups excluding carboxylic acids is 1. The summed E-state index contributed by atoms with van der Waals surface area (Å²) in [6.07, 6.45) is 2.29. The van der Waals surface area contributed by atoms with Gasteiger partial charge in [-0.25, -0.2) is 9.18 Å². The number of carbonyl (C=O) groups is 1. The van der Waals surface area contributed by atoms with E-state index in [1.54, 1.807) is 25.2 Å². The molecule has 1 N–H and O–H groups in total. The summed E-state index contributed by atoms with van der Waals surface area (Å²) in [6.45, 7) is 1.64. The molecule has 1 unspecified atom stereocenters. The summed E-state index contributed by atoms with van der Waals surface area (Å²) in [5.74, 6) is 1.53. The molecule has 0 fully saturated rings. The third-order valence-electron chi connectivity index (χ3n) is 5.55. The quantitative estimate of drug-likeness (QED) is 0.851. The average molecular weight is 400 g/mol. The summed E-state index contributed by atoms with van der Waals surface area (Å²) < 4.78 is 30.0. The highest BCUT2D eigenvalue weighted by atomic mass is 19.1. The Morgan fingerprint density at radius 3 is 2.69 bits per heavy atom. The number of halogens is 1. The summed E-state index contributed by atoms with van der Waals surface area (Å²) in [6, 6.07) is 8.08. The molecular formula is C22H25FN2O4. The molecule has 2 aliphatic rings. The zero-order chi connectivity index (χ0) is 20.4. The van der Waals surface area contributed by atoms with Gasteiger partial charge < -0.3 is 24.4 Å². The standard InChI is InChI=1S/C22H25FN2O4/c1-27-20-10-14-7-8-25(13-15(14)11-21(20)28-2)22(26)24-18-4-3-9-29-19-12-16(23)5-6-17(18)19/h5-6,10-12,18H,3-4,7-9,13H2,1-2H3,(H,24,26). The van der Waals surface area contributed by atoms with Crippen molar-refractivity contribution in [3.8, 4) is 17.2 Å². The lowest BCUT2D eigenvalue weighted by Gasteiger charge is -2.31. The third kappa shape index (κ3) is 3.95. The van der Waals surface area contributed by atoms with Gasteiger partial charge in [-0.1, -0.05) is 6.07 Å². The van der Waals surface area contributed by atoms with Crippen LogP contribution in [0.3, 0.4) is 0 Å². The van der Waals surface area contributed by atoms with Crippen LogP contribution in [-0.4, -0.2) is 38.3 Å². The molecular weight excluding hydrogens is 375 g/mol. The van der Waals surface area contributed by atoms with Crippen molar-refractivity contribution in [1.29, 1.82) is 0 Å². The van der Waals surface area contributed by atoms with Gasteiger partial charge in [-0.2, -0.15) is 0 Å². The predicted molar refractivity (Wildman–Crippen MR) is 106 cm³/mol. The number of ether oxygens (including phenoxy) is 3. The van der Waals surface area contributed by atoms with Gasteiger partial charge in [-0.3, -0.25) is 0 Å². The van der Waals surface area contributed by atoms with Gasteiger partial charge in [0.2, 0.25) is 0 Å². The Bertz CT molecular complexity index is 918. The van der Waals surface area contributed by atoms with E-state index in [1.165, 1.54) is 12.1 Å². The second kappa shape index (κ2) is 8.19. The topological polar surface area (TPSA) is 60.0 Å². The van der Waals surface area contributed by atoms with Crippen molar-refractivity contribution in [1.82, 2.24) is 10.2 Å². The summed E-state index contributed by atoms with van der Waals surface area (Å²) in [4.78, 5) is 14.8. The molecule has 2 aliphatic heterocycles. The van der Waals surface area contributed by atoms with E-state index in [0.29, 0.717) is 36.9 Å². The van der Waals surface area contributed by atoms with Crippen molar-refractivity contribution in [2.24, 2.45) is 0 Å². The molecule has 154 valence electrons. The molecule has 4 rings (SSSR count). The number of fused-ring (bicyclic) bond motifs is 2. The number of hydrogen-bond acceptors (Lipinski definition) is 4. The second-order valence-electron chi connectivity index (χ2n) is 7.32. The first-order valence-electron chi connectivity index (χ1n) is 9.80. The normalized spacial score (nSPS) is 18.0. The highest BCUT2D eigenvalue weighted by molar-refractivity contribution is 5.75. The van der Waals surface area contributed by atoms with Crippen molar-refractivity contribution in [3.05, 3.63) is 52.8 Å². The van der Waals surface area contributed by atoms with Crippen LogP contribution in [0.4, 0.5) is 9.18 Å². The summed E-state index contributed by atoms with van der Waals surface area (Å²) >= 11 is 0. The first-order chi connectivity index (χ1) is 14.1. The van der Waals surface area contributed by atoms with E-state index < -0.39 is 0 Å². The zero-order valence-electron chi connectivity index (χ0n) is 16.7. The van der Waals surface area contributed by atoms with Crippen molar-refractivity contribution in [2.75, 3.05) is 27.4 Å². The minimum Gasteiger partial charge on any atom is -0.493 e. The minimum absolute atomic E-state index is 0.132. The number of hydrogen-bond donors (Lipinski definition) is 1. The van der Waals surface area contributed by atoms with Gasteiger partial charge in [0.05, 0.1) is 26.9 Å². The fraction of sp³-hybridized carbons (Fsp3) is 0.409. The third-order valence-corrected chi connectivity index (χ3v) is 5.55. The fourth-order valence-corrected chi connectivity index (χ4v) is 3.99. The van der Waals surface area contributed by atoms with Gasteiger partial charge in [-0.15, -0.1) is 0 Å². The van der Waals surface area contributed by atoms with E-state index >= 15 is 0 Å². The summed E-state index contributed by atoms with van der Waals surface area (Å²) in [5.41, 5.74) is 3.03. The molecule has 6 nitrogen and oxygen atoms in total. The molecule has 2 amide bonds. The van der Waals surface area contributed by atoms with Crippen molar-refractivity contribution < 1.29 is 23.4 Å². The predicted octanol–water partition coefficient (Wildman–Crippen LogP) is 3.82. The van der Waals surface area contributed by atoms with Crippen LogP contribution in [0.1, 0.15) is 35.6 Å². The molecule has 0 spiro atoms. The molecule has 2 aromatic carbocycles. The maximum absolute atomic E-state index is 13.6. The molecule has 2 aromatic rings. The molecule has 0 saturated heterocycles. The summed E-state index contributed by atoms with van der Waals surface area (Å²) in [5, 5.41) is 3.11. The molecule has 29 heavy (non-hydrogen) atoms. The molecule has 0 bridgehead atoms. The number of methoxy groups -OCH3 is 2. The van der Waals surface area contributed by atoms with Crippen LogP contribution in [0.15, 0.2) is 30.3 Å². The molecule has 7 heteroatoms. The Morgan fingerprint density at radius 1 is 1.17 bits per heavy atom. The zero-order valence-corrected chi connectivity index (χ0v) is 16.7. The van der Waals surface area contributed by atoms with Crippen molar-refractivity contribution in [2.45, 2.75) is 31.8 Å². The van der Waals surface area contributed by atoms with Gasteiger partial charge >= 0.3 is 6.03 Å². The van der Waals surface area contributed by atoms with Gasteiger partial charge in [0, 0.05) is 24.7 Å². The lowest BCUT2D eigenvalue weighted by atomic mass is 9.98. The second-order valence-corrected chi connectivity index (χ2v) is 7.32. The van der Waals surface area contributed by atoms with Crippen LogP contribution in [0, 0.1) is 5.82 Å². The fourth-order valence-electron chi connectivity index (χ4n) is 3.99. The van der Waals surface area contributed by atoms with E-state index in [2.05, 4.69) is 5.32 Å². The monoisotopic (exact) mass is 400 g/mol. The first kappa shape index (κ1) is 19.4. The van der Waals surface area contributed by atoms with Crippen molar-refractivity contribution >= 4 is 6.03 Å². The highest BCUT2D eigenvalue weighted by Crippen LogP contribution is 2.34. The Kier molecular flexibility index (Phi) is 5.47. The van der Waals surface area contributed by atoms with Crippen LogP contribution in [-0.2, 0) is 13.0 Å². The average Bonchev–Trinajstić information content (AvgIpc) is 2.93. The van der Waals surface area contributed by atoms with Gasteiger partial charge in [0.1, 0.15) is 11.6 Å². The number of nitrogens with one attached hydrogen (secondary N) is 1. The lowest BCUT2D eigenvalue weighted by molar-refractivity contribution is 0.187. The molecule has 1 atom stereocenters. The van der Waals surface area contributed by atoms with Crippen LogP contribution in [0.25, 0.3) is 0 Å².